The highest BCUT2D eigenvalue weighted by molar-refractivity contribution is 5.66. The molecule has 2 aromatic rings. The second-order valence-electron chi connectivity index (χ2n) is 18.9. The van der Waals surface area contributed by atoms with E-state index in [4.69, 9.17) is 0 Å². The Morgan fingerprint density at radius 3 is 0.744 bits per heavy atom. The van der Waals surface area contributed by atoms with Crippen molar-refractivity contribution in [1.29, 1.82) is 0 Å². The maximum atomic E-state index is 2.51. The molecule has 0 nitrogen and oxygen atoms in total. The van der Waals surface area contributed by atoms with Crippen molar-refractivity contribution >= 4 is 0 Å². The maximum absolute atomic E-state index is 2.51. The van der Waals surface area contributed by atoms with Crippen LogP contribution in [0.5, 0.6) is 0 Å². The smallest absolute Gasteiger partial charge is 0.0155 e. The van der Waals surface area contributed by atoms with E-state index < -0.39 is 0 Å². The highest BCUT2D eigenvalue weighted by atomic mass is 14.5. The summed E-state index contributed by atoms with van der Waals surface area (Å²) < 4.78 is 0. The van der Waals surface area contributed by atoms with Crippen molar-refractivity contribution in [2.75, 3.05) is 0 Å². The number of hydrogen-bond donors (Lipinski definition) is 0. The summed E-state index contributed by atoms with van der Waals surface area (Å²) in [5.41, 5.74) is 12.1. The van der Waals surface area contributed by atoms with Crippen molar-refractivity contribution in [3.05, 3.63) is 68.8 Å². The lowest BCUT2D eigenvalue weighted by atomic mass is 9.55. The quantitative estimate of drug-likeness (QED) is 0.361. The van der Waals surface area contributed by atoms with E-state index in [0.717, 1.165) is 0 Å². The SMILES string of the molecule is CC(C)(C)c1ccccc1C(C)(C)c1c(C(C)(C)C)c(C(C)(C)C)c(C(C)(C)C)c(C(C)(C)C)c1C(C)(C)C. The van der Waals surface area contributed by atoms with Crippen molar-refractivity contribution in [3.8, 4) is 0 Å². The van der Waals surface area contributed by atoms with Crippen LogP contribution in [0.4, 0.5) is 0 Å². The topological polar surface area (TPSA) is 0 Å². The molecule has 0 atom stereocenters. The number of benzene rings is 2. The van der Waals surface area contributed by atoms with E-state index in [1.54, 1.807) is 33.4 Å². The maximum Gasteiger partial charge on any atom is 0.0155 e. The van der Waals surface area contributed by atoms with Crippen LogP contribution in [0.3, 0.4) is 0 Å². The van der Waals surface area contributed by atoms with Crippen LogP contribution in [0.2, 0.25) is 0 Å². The van der Waals surface area contributed by atoms with Gasteiger partial charge in [0, 0.05) is 5.41 Å². The minimum atomic E-state index is -0.189. The van der Waals surface area contributed by atoms with Gasteiger partial charge >= 0.3 is 0 Å². The van der Waals surface area contributed by atoms with Gasteiger partial charge in [-0.15, -0.1) is 0 Å². The molecule has 0 aromatic heterocycles. The molecule has 2 aromatic carbocycles. The Hall–Kier alpha value is -1.56. The third kappa shape index (κ3) is 6.52. The summed E-state index contributed by atoms with van der Waals surface area (Å²) in [6.07, 6.45) is 0. The van der Waals surface area contributed by atoms with E-state index in [1.807, 2.05) is 0 Å². The van der Waals surface area contributed by atoms with Gasteiger partial charge in [-0.05, 0) is 77.0 Å². The van der Waals surface area contributed by atoms with Crippen LogP contribution in [0, 0.1) is 0 Å². The van der Waals surface area contributed by atoms with Gasteiger partial charge in [0.2, 0.25) is 0 Å². The largest absolute Gasteiger partial charge is 0.0620 e. The van der Waals surface area contributed by atoms with Gasteiger partial charge in [0.15, 0.2) is 0 Å². The molecule has 0 amide bonds. The van der Waals surface area contributed by atoms with Gasteiger partial charge in [-0.2, -0.15) is 0 Å². The van der Waals surface area contributed by atoms with Gasteiger partial charge in [0.05, 0.1) is 0 Å². The van der Waals surface area contributed by atoms with E-state index in [9.17, 15) is 0 Å². The summed E-state index contributed by atoms with van der Waals surface area (Å²) in [5, 5.41) is 0. The molecule has 220 valence electrons. The van der Waals surface area contributed by atoms with E-state index in [2.05, 4.69) is 163 Å². The highest BCUT2D eigenvalue weighted by Gasteiger charge is 2.46. The Labute approximate surface area is 244 Å². The molecule has 2 rings (SSSR count). The molecule has 0 aliphatic carbocycles. The third-order valence-electron chi connectivity index (χ3n) is 8.28. The molecule has 0 N–H and O–H groups in total. The summed E-state index contributed by atoms with van der Waals surface area (Å²) in [4.78, 5) is 0. The molecule has 0 heteroatoms. The summed E-state index contributed by atoms with van der Waals surface area (Å²) in [5.74, 6) is 0. The minimum Gasteiger partial charge on any atom is -0.0620 e. The molecule has 0 heterocycles. The Morgan fingerprint density at radius 2 is 0.513 bits per heavy atom. The highest BCUT2D eigenvalue weighted by Crippen LogP contribution is 2.55. The van der Waals surface area contributed by atoms with Crippen molar-refractivity contribution < 1.29 is 0 Å². The van der Waals surface area contributed by atoms with Crippen LogP contribution in [0.1, 0.15) is 183 Å². The van der Waals surface area contributed by atoms with Crippen LogP contribution in [-0.4, -0.2) is 0 Å². The van der Waals surface area contributed by atoms with Gasteiger partial charge in [-0.1, -0.05) is 163 Å². The predicted octanol–water partition coefficient (Wildman–Crippen LogP) is 11.8. The Kier molecular flexibility index (Phi) is 8.43. The second-order valence-corrected chi connectivity index (χ2v) is 18.9. The third-order valence-corrected chi connectivity index (χ3v) is 8.28. The first-order valence-electron chi connectivity index (χ1n) is 15.3. The molecule has 0 fully saturated rings. The van der Waals surface area contributed by atoms with E-state index in [0.29, 0.717) is 0 Å². The van der Waals surface area contributed by atoms with Gasteiger partial charge < -0.3 is 0 Å². The van der Waals surface area contributed by atoms with Gasteiger partial charge in [0.1, 0.15) is 0 Å². The molecule has 0 spiro atoms. The summed E-state index contributed by atoms with van der Waals surface area (Å²) in [6.45, 7) is 48.7. The molecular weight excluding hydrogens is 468 g/mol. The average Bonchev–Trinajstić information content (AvgIpc) is 2.67. The zero-order valence-electron chi connectivity index (χ0n) is 29.8. The molecule has 0 aliphatic rings. The molecule has 39 heavy (non-hydrogen) atoms. The molecule has 0 saturated heterocycles. The van der Waals surface area contributed by atoms with Crippen LogP contribution >= 0.6 is 0 Å². The fourth-order valence-corrected chi connectivity index (χ4v) is 6.94. The predicted molar refractivity (Wildman–Crippen MR) is 177 cm³/mol. The standard InChI is InChI=1S/C39H64/c1-33(2,3)25-23-21-22-24-26(25)39(19,20)32-30(37(13,14)15)28(35(7,8)9)27(34(4,5)6)29(36(10,11)12)31(32)38(16,17)18/h21-24H,1-20H3. The summed E-state index contributed by atoms with van der Waals surface area (Å²) in [7, 11) is 0. The normalized spacial score (nSPS) is 14.7. The number of hydrogen-bond acceptors (Lipinski definition) is 0. The molecule has 0 aliphatic heterocycles. The molecule has 0 saturated carbocycles. The van der Waals surface area contributed by atoms with E-state index in [1.165, 1.54) is 11.1 Å². The van der Waals surface area contributed by atoms with Crippen molar-refractivity contribution in [2.45, 2.75) is 176 Å². The Balaban J connectivity index is 3.60. The fourth-order valence-electron chi connectivity index (χ4n) is 6.94. The van der Waals surface area contributed by atoms with Gasteiger partial charge in [-0.3, -0.25) is 0 Å². The molecule has 0 bridgehead atoms. The van der Waals surface area contributed by atoms with Crippen LogP contribution < -0.4 is 0 Å². The first-order chi connectivity index (χ1) is 17.0. The lowest BCUT2D eigenvalue weighted by molar-refractivity contribution is 0.438. The van der Waals surface area contributed by atoms with E-state index in [-0.39, 0.29) is 37.9 Å². The van der Waals surface area contributed by atoms with E-state index >= 15 is 0 Å². The monoisotopic (exact) mass is 533 g/mol. The molecule has 0 unspecified atom stereocenters. The summed E-state index contributed by atoms with van der Waals surface area (Å²) >= 11 is 0. The number of rotatable bonds is 2. The first-order valence-corrected chi connectivity index (χ1v) is 15.3. The first kappa shape index (κ1) is 33.6. The van der Waals surface area contributed by atoms with Crippen LogP contribution in [0.25, 0.3) is 0 Å². The Morgan fingerprint density at radius 1 is 0.282 bits per heavy atom. The zero-order chi connectivity index (χ0) is 30.9. The fraction of sp³-hybridized carbons (Fsp3) is 0.692. The van der Waals surface area contributed by atoms with Gasteiger partial charge in [-0.25, -0.2) is 0 Å². The summed E-state index contributed by atoms with van der Waals surface area (Å²) in [6, 6.07) is 9.24. The lowest BCUT2D eigenvalue weighted by Crippen LogP contribution is -2.41. The van der Waals surface area contributed by atoms with Gasteiger partial charge in [0.25, 0.3) is 0 Å². The molecule has 0 radical (unpaired) electrons. The van der Waals surface area contributed by atoms with Crippen molar-refractivity contribution in [2.24, 2.45) is 0 Å². The molecular formula is C39H64. The zero-order valence-corrected chi connectivity index (χ0v) is 29.8. The lowest BCUT2D eigenvalue weighted by Gasteiger charge is -2.49. The average molecular weight is 533 g/mol. The Bertz CT molecular complexity index is 1130. The van der Waals surface area contributed by atoms with Crippen molar-refractivity contribution in [3.63, 3.8) is 0 Å². The minimum absolute atomic E-state index is 0.00395. The van der Waals surface area contributed by atoms with Crippen LogP contribution in [-0.2, 0) is 37.9 Å². The van der Waals surface area contributed by atoms with Crippen LogP contribution in [0.15, 0.2) is 24.3 Å². The van der Waals surface area contributed by atoms with Crippen molar-refractivity contribution in [1.82, 2.24) is 0 Å². The second kappa shape index (κ2) is 9.77.